The minimum absolute atomic E-state index is 0.103. The van der Waals surface area contributed by atoms with Gasteiger partial charge in [0.05, 0.1) is 22.6 Å². The van der Waals surface area contributed by atoms with Crippen LogP contribution in [0.4, 0.5) is 23.5 Å². The summed E-state index contributed by atoms with van der Waals surface area (Å²) in [5.74, 6) is -2.28. The summed E-state index contributed by atoms with van der Waals surface area (Å²) in [6.07, 6.45) is -3.25. The number of benzene rings is 2. The van der Waals surface area contributed by atoms with E-state index in [4.69, 9.17) is 21.3 Å². The van der Waals surface area contributed by atoms with E-state index in [0.29, 0.717) is 53.3 Å². The van der Waals surface area contributed by atoms with Crippen LogP contribution < -0.4 is 15.0 Å². The standard InChI is InChI=1S/C27H30ClF4N5O2/c1-16-11-18(12-17(2)22(16)29)14-37-21-13-20(28)24(39-25(38)27(30,31)32)19(15-35-7-3-4-8-35)23(21)34-26(37)36-9-5-33-6-10-36/h11-13,33H,3-10,14-15H2,1-2H3. The maximum atomic E-state index is 14.4. The number of anilines is 1. The number of nitrogens with zero attached hydrogens (tertiary/aromatic N) is 4. The first-order valence-electron chi connectivity index (χ1n) is 13.0. The van der Waals surface area contributed by atoms with E-state index in [-0.39, 0.29) is 23.1 Å². The van der Waals surface area contributed by atoms with E-state index in [1.165, 1.54) is 6.07 Å². The third-order valence-corrected chi connectivity index (χ3v) is 7.55. The van der Waals surface area contributed by atoms with Crippen LogP contribution >= 0.6 is 11.6 Å². The van der Waals surface area contributed by atoms with Gasteiger partial charge in [0.2, 0.25) is 5.95 Å². The molecule has 3 aromatic rings. The van der Waals surface area contributed by atoms with Gasteiger partial charge >= 0.3 is 12.1 Å². The average molecular weight is 568 g/mol. The lowest BCUT2D eigenvalue weighted by Gasteiger charge is -2.29. The topological polar surface area (TPSA) is 62.6 Å². The zero-order valence-corrected chi connectivity index (χ0v) is 22.6. The second-order valence-electron chi connectivity index (χ2n) is 10.2. The number of carbonyl (C=O) groups is 1. The van der Waals surface area contributed by atoms with Crippen molar-refractivity contribution in [3.05, 3.63) is 51.3 Å². The molecule has 0 radical (unpaired) electrons. The van der Waals surface area contributed by atoms with Crippen molar-refractivity contribution in [2.45, 2.75) is 46.0 Å². The Bertz CT molecular complexity index is 1370. The molecule has 0 aliphatic carbocycles. The van der Waals surface area contributed by atoms with Gasteiger partial charge in [-0.1, -0.05) is 23.7 Å². The lowest BCUT2D eigenvalue weighted by Crippen LogP contribution is -2.44. The Morgan fingerprint density at radius 1 is 1.05 bits per heavy atom. The van der Waals surface area contributed by atoms with Gasteiger partial charge in [-0.05, 0) is 62.5 Å². The number of hydrogen-bond acceptors (Lipinski definition) is 6. The average Bonchev–Trinajstić information content (AvgIpc) is 3.52. The molecule has 0 saturated carbocycles. The number of carbonyl (C=O) groups excluding carboxylic acids is 1. The third kappa shape index (κ3) is 5.71. The van der Waals surface area contributed by atoms with Crippen LogP contribution in [0.3, 0.4) is 0 Å². The van der Waals surface area contributed by atoms with E-state index in [2.05, 4.69) is 15.1 Å². The van der Waals surface area contributed by atoms with Crippen LogP contribution in [0.1, 0.15) is 35.1 Å². The smallest absolute Gasteiger partial charge is 0.418 e. The molecule has 2 saturated heterocycles. The minimum atomic E-state index is -5.17. The van der Waals surface area contributed by atoms with Crippen molar-refractivity contribution >= 4 is 34.6 Å². The molecule has 2 aromatic carbocycles. The number of ether oxygens (including phenoxy) is 1. The second-order valence-corrected chi connectivity index (χ2v) is 10.6. The van der Waals surface area contributed by atoms with Gasteiger partial charge in [0.15, 0.2) is 5.75 Å². The summed E-state index contributed by atoms with van der Waals surface area (Å²) in [5, 5.41) is 3.21. The molecule has 0 atom stereocenters. The largest absolute Gasteiger partial charge is 0.491 e. The van der Waals surface area contributed by atoms with Crippen LogP contribution in [-0.4, -0.2) is 65.9 Å². The van der Waals surface area contributed by atoms with Crippen molar-refractivity contribution in [1.29, 1.82) is 0 Å². The van der Waals surface area contributed by atoms with E-state index in [1.807, 2.05) is 4.57 Å². The molecule has 3 heterocycles. The van der Waals surface area contributed by atoms with Crippen molar-refractivity contribution in [3.63, 3.8) is 0 Å². The number of nitrogens with one attached hydrogen (secondary N) is 1. The van der Waals surface area contributed by atoms with Crippen molar-refractivity contribution < 1.29 is 27.1 Å². The summed E-state index contributed by atoms with van der Waals surface area (Å²) >= 11 is 6.55. The minimum Gasteiger partial charge on any atom is -0.418 e. The Morgan fingerprint density at radius 2 is 1.69 bits per heavy atom. The van der Waals surface area contributed by atoms with E-state index < -0.39 is 12.1 Å². The molecule has 7 nitrogen and oxygen atoms in total. The normalized spacial score (nSPS) is 16.8. The number of piperazine rings is 1. The number of likely N-dealkylation sites (tertiary alicyclic amines) is 1. The Hall–Kier alpha value is -2.89. The molecule has 0 bridgehead atoms. The summed E-state index contributed by atoms with van der Waals surface area (Å²) in [4.78, 5) is 21.0. The maximum Gasteiger partial charge on any atom is 0.491 e. The molecule has 210 valence electrons. The van der Waals surface area contributed by atoms with Crippen LogP contribution in [0, 0.1) is 19.7 Å². The molecule has 39 heavy (non-hydrogen) atoms. The number of alkyl halides is 3. The number of imidazole rings is 1. The first-order valence-corrected chi connectivity index (χ1v) is 13.3. The van der Waals surface area contributed by atoms with Gasteiger partial charge in [0, 0.05) is 38.3 Å². The van der Waals surface area contributed by atoms with E-state index in [0.717, 1.165) is 44.6 Å². The van der Waals surface area contributed by atoms with Crippen molar-refractivity contribution in [2.75, 3.05) is 44.2 Å². The van der Waals surface area contributed by atoms with Gasteiger partial charge in [0.25, 0.3) is 0 Å². The van der Waals surface area contributed by atoms with Gasteiger partial charge < -0.3 is 19.5 Å². The van der Waals surface area contributed by atoms with Gasteiger partial charge in [-0.3, -0.25) is 4.90 Å². The number of halogens is 5. The summed E-state index contributed by atoms with van der Waals surface area (Å²) in [6.45, 7) is 8.37. The Labute approximate surface area is 228 Å². The highest BCUT2D eigenvalue weighted by Crippen LogP contribution is 2.40. The number of hydrogen-bond donors (Lipinski definition) is 1. The molecule has 0 unspecified atom stereocenters. The van der Waals surface area contributed by atoms with Crippen LogP contribution in [0.2, 0.25) is 5.02 Å². The first kappa shape index (κ1) is 27.7. The van der Waals surface area contributed by atoms with Crippen LogP contribution in [0.15, 0.2) is 18.2 Å². The predicted molar refractivity (Wildman–Crippen MR) is 141 cm³/mol. The lowest BCUT2D eigenvalue weighted by atomic mass is 10.1. The Kier molecular flexibility index (Phi) is 7.76. The fraction of sp³-hybridized carbons (Fsp3) is 0.481. The monoisotopic (exact) mass is 567 g/mol. The number of aromatic nitrogens is 2. The second kappa shape index (κ2) is 10.9. The van der Waals surface area contributed by atoms with Gasteiger partial charge in [0.1, 0.15) is 5.82 Å². The molecular weight excluding hydrogens is 538 g/mol. The SMILES string of the molecule is Cc1cc(Cn2c(N3CCNCC3)nc3c(CN4CCCC4)c(OC(=O)C(F)(F)F)c(Cl)cc32)cc(C)c1F. The summed E-state index contributed by atoms with van der Waals surface area (Å²) in [6, 6.07) is 5.06. The first-order chi connectivity index (χ1) is 18.5. The molecule has 5 rings (SSSR count). The van der Waals surface area contributed by atoms with Gasteiger partial charge in [-0.15, -0.1) is 0 Å². The molecule has 0 amide bonds. The van der Waals surface area contributed by atoms with Gasteiger partial charge in [-0.2, -0.15) is 13.2 Å². The van der Waals surface area contributed by atoms with Crippen LogP contribution in [-0.2, 0) is 17.9 Å². The number of esters is 1. The summed E-state index contributed by atoms with van der Waals surface area (Å²) in [7, 11) is 0. The molecule has 2 aliphatic rings. The highest BCUT2D eigenvalue weighted by atomic mass is 35.5. The fourth-order valence-corrected chi connectivity index (χ4v) is 5.66. The third-order valence-electron chi connectivity index (χ3n) is 7.27. The molecule has 2 fully saturated rings. The zero-order valence-electron chi connectivity index (χ0n) is 21.8. The van der Waals surface area contributed by atoms with E-state index >= 15 is 0 Å². The lowest BCUT2D eigenvalue weighted by molar-refractivity contribution is -0.189. The molecule has 1 N–H and O–H groups in total. The predicted octanol–water partition coefficient (Wildman–Crippen LogP) is 4.97. The van der Waals surface area contributed by atoms with Crippen LogP contribution in [0.5, 0.6) is 5.75 Å². The molecule has 0 spiro atoms. The quantitative estimate of drug-likeness (QED) is 0.258. The fourth-order valence-electron chi connectivity index (χ4n) is 5.40. The number of aryl methyl sites for hydroxylation is 2. The molecule has 2 aliphatic heterocycles. The van der Waals surface area contributed by atoms with Gasteiger partial charge in [-0.25, -0.2) is 14.2 Å². The zero-order chi connectivity index (χ0) is 27.9. The Morgan fingerprint density at radius 3 is 2.31 bits per heavy atom. The highest BCUT2D eigenvalue weighted by Gasteiger charge is 2.42. The van der Waals surface area contributed by atoms with E-state index in [1.54, 1.807) is 26.0 Å². The molecule has 1 aromatic heterocycles. The number of rotatable bonds is 6. The van der Waals surface area contributed by atoms with Crippen LogP contribution in [0.25, 0.3) is 11.0 Å². The van der Waals surface area contributed by atoms with Crippen molar-refractivity contribution in [2.24, 2.45) is 0 Å². The number of fused-ring (bicyclic) bond motifs is 1. The van der Waals surface area contributed by atoms with Crippen molar-refractivity contribution in [3.8, 4) is 5.75 Å². The van der Waals surface area contributed by atoms with Crippen molar-refractivity contribution in [1.82, 2.24) is 19.8 Å². The summed E-state index contributed by atoms with van der Waals surface area (Å²) < 4.78 is 60.7. The Balaban J connectivity index is 1.69. The van der Waals surface area contributed by atoms with E-state index in [9.17, 15) is 22.4 Å². The maximum absolute atomic E-state index is 14.4. The summed E-state index contributed by atoms with van der Waals surface area (Å²) in [5.41, 5.74) is 3.28. The molecule has 12 heteroatoms. The molecular formula is C27H30ClF4N5O2. The highest BCUT2D eigenvalue weighted by molar-refractivity contribution is 6.33.